The number of amides is 1. The first-order valence-electron chi connectivity index (χ1n) is 9.17. The second-order valence-corrected chi connectivity index (χ2v) is 8.02. The van der Waals surface area contributed by atoms with Crippen molar-refractivity contribution < 1.29 is 14.3 Å². The van der Waals surface area contributed by atoms with E-state index in [1.165, 1.54) is 0 Å². The number of allylic oxidation sites excluding steroid dienone is 2. The predicted octanol–water partition coefficient (Wildman–Crippen LogP) is 4.98. The van der Waals surface area contributed by atoms with Gasteiger partial charge in [0.25, 0.3) is 0 Å². The minimum atomic E-state index is -0.867. The van der Waals surface area contributed by atoms with E-state index in [0.717, 1.165) is 5.56 Å². The molecule has 0 saturated carbocycles. The second kappa shape index (κ2) is 8.55. The summed E-state index contributed by atoms with van der Waals surface area (Å²) in [5.41, 5.74) is 0.453. The molecule has 7 nitrogen and oxygen atoms in total. The lowest BCUT2D eigenvalue weighted by Gasteiger charge is -2.20. The first-order valence-corrected chi connectivity index (χ1v) is 9.17. The van der Waals surface area contributed by atoms with E-state index < -0.39 is 17.3 Å². The summed E-state index contributed by atoms with van der Waals surface area (Å²) in [6.07, 6.45) is 2.98. The average Bonchev–Trinajstić information content (AvgIpc) is 2.90. The van der Waals surface area contributed by atoms with Gasteiger partial charge in [0, 0.05) is 11.3 Å². The number of rotatable bonds is 3. The molecule has 0 atom stereocenters. The van der Waals surface area contributed by atoms with Gasteiger partial charge in [0.15, 0.2) is 11.3 Å². The molecule has 1 aliphatic rings. The van der Waals surface area contributed by atoms with Crippen molar-refractivity contribution in [2.45, 2.75) is 45.8 Å². The molecule has 1 aliphatic heterocycles. The number of nitrogens with one attached hydrogen (secondary N) is 1. The van der Waals surface area contributed by atoms with Crippen molar-refractivity contribution >= 4 is 17.9 Å². The molecule has 0 unspecified atom stereocenters. The van der Waals surface area contributed by atoms with E-state index in [9.17, 15) is 10.1 Å². The Morgan fingerprint density at radius 1 is 1.10 bits per heavy atom. The Morgan fingerprint density at radius 2 is 1.70 bits per heavy atom. The molecule has 0 aliphatic carbocycles. The summed E-state index contributed by atoms with van der Waals surface area (Å²) in [7, 11) is 0. The molecule has 1 aromatic carbocycles. The highest BCUT2D eigenvalue weighted by Crippen LogP contribution is 2.40. The van der Waals surface area contributed by atoms with Gasteiger partial charge in [-0.2, -0.15) is 15.8 Å². The highest BCUT2D eigenvalue weighted by Gasteiger charge is 2.38. The van der Waals surface area contributed by atoms with Gasteiger partial charge >= 0.3 is 6.09 Å². The highest BCUT2D eigenvalue weighted by atomic mass is 16.6. The molecular formula is C23H22N4O3. The minimum Gasteiger partial charge on any atom is -0.480 e. The van der Waals surface area contributed by atoms with Crippen LogP contribution in [-0.4, -0.2) is 17.3 Å². The molecule has 1 amide bonds. The van der Waals surface area contributed by atoms with Gasteiger partial charge in [0.05, 0.1) is 0 Å². The topological polar surface area (TPSA) is 119 Å². The van der Waals surface area contributed by atoms with E-state index in [1.807, 2.05) is 6.07 Å². The zero-order valence-corrected chi connectivity index (χ0v) is 17.5. The fraction of sp³-hybridized carbons (Fsp3) is 0.304. The SMILES string of the molecule is CC(C)(C)OC(=O)Nc1ccc(/C=C/C2=C(C#N)C(=C(C#N)C#N)OC2(C)C)cc1. The fourth-order valence-electron chi connectivity index (χ4n) is 2.76. The van der Waals surface area contributed by atoms with Gasteiger partial charge in [-0.3, -0.25) is 5.32 Å². The van der Waals surface area contributed by atoms with E-state index in [1.54, 1.807) is 83.2 Å². The van der Waals surface area contributed by atoms with Crippen molar-refractivity contribution in [2.75, 3.05) is 5.32 Å². The zero-order valence-electron chi connectivity index (χ0n) is 17.5. The van der Waals surface area contributed by atoms with Crippen molar-refractivity contribution in [3.8, 4) is 18.2 Å². The molecule has 30 heavy (non-hydrogen) atoms. The van der Waals surface area contributed by atoms with Crippen LogP contribution in [0.3, 0.4) is 0 Å². The maximum Gasteiger partial charge on any atom is 0.412 e. The molecule has 0 radical (unpaired) electrons. The number of nitrogens with zero attached hydrogens (tertiary/aromatic N) is 3. The van der Waals surface area contributed by atoms with Gasteiger partial charge in [-0.05, 0) is 52.3 Å². The van der Waals surface area contributed by atoms with E-state index >= 15 is 0 Å². The third kappa shape index (κ3) is 5.28. The first kappa shape index (κ1) is 22.3. The molecule has 0 fully saturated rings. The Morgan fingerprint density at radius 3 is 2.20 bits per heavy atom. The quantitative estimate of drug-likeness (QED) is 0.712. The van der Waals surface area contributed by atoms with E-state index in [-0.39, 0.29) is 16.9 Å². The van der Waals surface area contributed by atoms with Crippen LogP contribution in [0.25, 0.3) is 6.08 Å². The molecule has 7 heteroatoms. The van der Waals surface area contributed by atoms with Gasteiger partial charge in [-0.1, -0.05) is 24.3 Å². The monoisotopic (exact) mass is 402 g/mol. The maximum absolute atomic E-state index is 11.8. The Kier molecular flexibility index (Phi) is 6.35. The normalized spacial score (nSPS) is 15.1. The lowest BCUT2D eigenvalue weighted by atomic mass is 9.94. The molecule has 0 aromatic heterocycles. The molecule has 2 rings (SSSR count). The molecule has 1 aromatic rings. The molecule has 0 spiro atoms. The lowest BCUT2D eigenvalue weighted by Crippen LogP contribution is -2.27. The molecule has 1 N–H and O–H groups in total. The van der Waals surface area contributed by atoms with Gasteiger partial charge in [-0.15, -0.1) is 0 Å². The van der Waals surface area contributed by atoms with E-state index in [2.05, 4.69) is 5.32 Å². The highest BCUT2D eigenvalue weighted by molar-refractivity contribution is 5.85. The van der Waals surface area contributed by atoms with Crippen LogP contribution in [0, 0.1) is 34.0 Å². The Labute approximate surface area is 176 Å². The number of carbonyl (C=O) groups excluding carboxylic acids is 1. The molecule has 1 heterocycles. The van der Waals surface area contributed by atoms with Crippen molar-refractivity contribution in [1.82, 2.24) is 0 Å². The summed E-state index contributed by atoms with van der Waals surface area (Å²) < 4.78 is 10.9. The molecule has 152 valence electrons. The summed E-state index contributed by atoms with van der Waals surface area (Å²) >= 11 is 0. The largest absolute Gasteiger partial charge is 0.480 e. The molecule has 0 bridgehead atoms. The number of benzene rings is 1. The molecule has 0 saturated heterocycles. The number of nitriles is 3. The van der Waals surface area contributed by atoms with Crippen LogP contribution in [-0.2, 0) is 9.47 Å². The smallest absolute Gasteiger partial charge is 0.412 e. The van der Waals surface area contributed by atoms with Crippen molar-refractivity contribution in [2.24, 2.45) is 0 Å². The average molecular weight is 402 g/mol. The van der Waals surface area contributed by atoms with Crippen LogP contribution in [0.2, 0.25) is 0 Å². The van der Waals surface area contributed by atoms with Crippen LogP contribution in [0.1, 0.15) is 40.2 Å². The van der Waals surface area contributed by atoms with Gasteiger partial charge in [0.2, 0.25) is 0 Å². The second-order valence-electron chi connectivity index (χ2n) is 8.02. The first-order chi connectivity index (χ1) is 14.0. The van der Waals surface area contributed by atoms with Crippen LogP contribution in [0.5, 0.6) is 0 Å². The van der Waals surface area contributed by atoms with Gasteiger partial charge < -0.3 is 9.47 Å². The third-order valence-electron chi connectivity index (χ3n) is 4.06. The summed E-state index contributed by atoms with van der Waals surface area (Å²) in [6.45, 7) is 8.88. The van der Waals surface area contributed by atoms with Crippen molar-refractivity contribution in [1.29, 1.82) is 15.8 Å². The number of hydrogen-bond donors (Lipinski definition) is 1. The number of anilines is 1. The van der Waals surface area contributed by atoms with Crippen molar-refractivity contribution in [3.05, 3.63) is 58.4 Å². The minimum absolute atomic E-state index is 0.00376. The summed E-state index contributed by atoms with van der Waals surface area (Å²) in [5.74, 6) is 0.00376. The Balaban J connectivity index is 2.26. The van der Waals surface area contributed by atoms with Gasteiger partial charge in [0.1, 0.15) is 35.0 Å². The number of hydrogen-bond acceptors (Lipinski definition) is 6. The third-order valence-corrected chi connectivity index (χ3v) is 4.06. The molecular weight excluding hydrogens is 380 g/mol. The number of ether oxygens (including phenoxy) is 2. The van der Waals surface area contributed by atoms with Crippen LogP contribution in [0.15, 0.2) is 52.8 Å². The maximum atomic E-state index is 11.8. The van der Waals surface area contributed by atoms with E-state index in [4.69, 9.17) is 20.0 Å². The van der Waals surface area contributed by atoms with Crippen LogP contribution in [0.4, 0.5) is 10.5 Å². The fourth-order valence-corrected chi connectivity index (χ4v) is 2.76. The van der Waals surface area contributed by atoms with Crippen LogP contribution < -0.4 is 5.32 Å². The summed E-state index contributed by atoms with van der Waals surface area (Å²) in [5, 5.41) is 30.4. The number of carbonyl (C=O) groups is 1. The van der Waals surface area contributed by atoms with Gasteiger partial charge in [-0.25, -0.2) is 4.79 Å². The van der Waals surface area contributed by atoms with Crippen LogP contribution >= 0.6 is 0 Å². The zero-order chi connectivity index (χ0) is 22.5. The van der Waals surface area contributed by atoms with E-state index in [0.29, 0.717) is 11.3 Å². The standard InChI is InChI=1S/C23H22N4O3/c1-22(2,3)30-21(28)27-17-9-6-15(7-10-17)8-11-19-18(14-26)20(16(12-24)13-25)29-23(19,4)5/h6-11H,1-5H3,(H,27,28)/b11-8+. The summed E-state index contributed by atoms with van der Waals surface area (Å²) in [6, 6.07) is 12.6. The summed E-state index contributed by atoms with van der Waals surface area (Å²) in [4.78, 5) is 11.8. The Hall–Kier alpha value is -4.02. The van der Waals surface area contributed by atoms with Crippen molar-refractivity contribution in [3.63, 3.8) is 0 Å². The lowest BCUT2D eigenvalue weighted by molar-refractivity contribution is 0.0636. The predicted molar refractivity (Wildman–Crippen MR) is 111 cm³/mol. The Bertz CT molecular complexity index is 1050.